The smallest absolute Gasteiger partial charge is 0.309 e. The Hall–Kier alpha value is -2.01. The first-order valence-corrected chi connectivity index (χ1v) is 8.48. The zero-order valence-electron chi connectivity index (χ0n) is 12.1. The van der Waals surface area contributed by atoms with E-state index < -0.39 is 16.0 Å². The predicted octanol–water partition coefficient (Wildman–Crippen LogP) is -1.25. The van der Waals surface area contributed by atoms with Crippen LogP contribution in [0.3, 0.4) is 0 Å². The van der Waals surface area contributed by atoms with Crippen LogP contribution in [0.4, 0.5) is 11.9 Å². The first-order chi connectivity index (χ1) is 10.3. The minimum atomic E-state index is -3.21. The number of piperidine rings is 1. The highest BCUT2D eigenvalue weighted by Crippen LogP contribution is 2.20. The molecular weight excluding hydrogens is 312 g/mol. The van der Waals surface area contributed by atoms with E-state index in [9.17, 15) is 13.2 Å². The van der Waals surface area contributed by atoms with Gasteiger partial charge < -0.3 is 16.2 Å². The largest absolute Gasteiger partial charge is 0.457 e. The first kappa shape index (κ1) is 16.4. The van der Waals surface area contributed by atoms with Crippen LogP contribution in [0.25, 0.3) is 0 Å². The van der Waals surface area contributed by atoms with Crippen molar-refractivity contribution in [3.63, 3.8) is 0 Å². The Bertz CT molecular complexity index is 636. The summed E-state index contributed by atoms with van der Waals surface area (Å²) in [5, 5.41) is 0. The molecule has 0 spiro atoms. The van der Waals surface area contributed by atoms with Crippen LogP contribution in [0.15, 0.2) is 0 Å². The van der Waals surface area contributed by atoms with Crippen LogP contribution in [0.5, 0.6) is 0 Å². The Balaban J connectivity index is 1.86. The molecule has 1 saturated heterocycles. The van der Waals surface area contributed by atoms with Crippen molar-refractivity contribution in [3.05, 3.63) is 5.82 Å². The van der Waals surface area contributed by atoms with Crippen molar-refractivity contribution < 1.29 is 17.9 Å². The van der Waals surface area contributed by atoms with Gasteiger partial charge in [0.1, 0.15) is 0 Å². The average molecular weight is 330 g/mol. The average Bonchev–Trinajstić information content (AvgIpc) is 2.43. The second-order valence-corrected chi connectivity index (χ2v) is 6.99. The summed E-state index contributed by atoms with van der Waals surface area (Å²) in [6.45, 7) is 0.469. The van der Waals surface area contributed by atoms with Crippen LogP contribution in [0.1, 0.15) is 18.7 Å². The molecule has 0 aliphatic carbocycles. The number of nitrogens with two attached hydrogens (primary N) is 2. The fourth-order valence-electron chi connectivity index (χ4n) is 2.20. The molecule has 0 amide bonds. The third-order valence-electron chi connectivity index (χ3n) is 3.32. The normalized spacial score (nSPS) is 17.3. The molecule has 1 aliphatic rings. The van der Waals surface area contributed by atoms with Crippen LogP contribution in [-0.4, -0.2) is 53.0 Å². The Morgan fingerprint density at radius 2 is 1.77 bits per heavy atom. The number of nitrogens with zero attached hydrogens (tertiary/aromatic N) is 4. The number of hydrogen-bond donors (Lipinski definition) is 2. The van der Waals surface area contributed by atoms with E-state index in [0.29, 0.717) is 25.9 Å². The number of rotatable bonds is 4. The van der Waals surface area contributed by atoms with E-state index in [-0.39, 0.29) is 30.2 Å². The second kappa shape index (κ2) is 6.40. The topological polar surface area (TPSA) is 154 Å². The van der Waals surface area contributed by atoms with Crippen LogP contribution in [-0.2, 0) is 26.2 Å². The van der Waals surface area contributed by atoms with E-state index >= 15 is 0 Å². The molecule has 0 saturated carbocycles. The zero-order valence-corrected chi connectivity index (χ0v) is 12.9. The molecule has 1 fully saturated rings. The van der Waals surface area contributed by atoms with E-state index in [1.165, 1.54) is 4.31 Å². The molecule has 0 unspecified atom stereocenters. The molecule has 0 bridgehead atoms. The lowest BCUT2D eigenvalue weighted by Gasteiger charge is -2.28. The number of sulfonamides is 1. The molecule has 0 atom stereocenters. The fraction of sp³-hybridized carbons (Fsp3) is 0.636. The van der Waals surface area contributed by atoms with Crippen molar-refractivity contribution in [3.8, 4) is 0 Å². The van der Waals surface area contributed by atoms with Crippen LogP contribution in [0, 0.1) is 5.92 Å². The van der Waals surface area contributed by atoms with Gasteiger partial charge in [0, 0.05) is 13.1 Å². The molecule has 4 N–H and O–H groups in total. The number of anilines is 2. The summed E-state index contributed by atoms with van der Waals surface area (Å²) in [6, 6.07) is 0. The van der Waals surface area contributed by atoms with Gasteiger partial charge in [0.15, 0.2) is 12.4 Å². The molecule has 1 aliphatic heterocycles. The third kappa shape index (κ3) is 4.24. The van der Waals surface area contributed by atoms with Gasteiger partial charge in [-0.05, 0) is 12.8 Å². The molecule has 11 heteroatoms. The Morgan fingerprint density at radius 1 is 1.23 bits per heavy atom. The van der Waals surface area contributed by atoms with Gasteiger partial charge in [-0.2, -0.15) is 15.0 Å². The lowest BCUT2D eigenvalue weighted by Crippen LogP contribution is -2.40. The summed E-state index contributed by atoms with van der Waals surface area (Å²) in [5.41, 5.74) is 10.8. The van der Waals surface area contributed by atoms with Crippen LogP contribution >= 0.6 is 0 Å². The lowest BCUT2D eigenvalue weighted by molar-refractivity contribution is -0.151. The van der Waals surface area contributed by atoms with E-state index in [1.54, 1.807) is 0 Å². The van der Waals surface area contributed by atoms with Gasteiger partial charge >= 0.3 is 5.97 Å². The molecule has 1 aromatic rings. The van der Waals surface area contributed by atoms with Crippen molar-refractivity contribution in [2.45, 2.75) is 19.4 Å². The van der Waals surface area contributed by atoms with Gasteiger partial charge in [-0.25, -0.2) is 12.7 Å². The summed E-state index contributed by atoms with van der Waals surface area (Å²) in [7, 11) is -3.21. The van der Waals surface area contributed by atoms with Crippen molar-refractivity contribution in [2.75, 3.05) is 30.8 Å². The number of esters is 1. The van der Waals surface area contributed by atoms with Gasteiger partial charge in [0.2, 0.25) is 21.9 Å². The monoisotopic (exact) mass is 330 g/mol. The SMILES string of the molecule is CS(=O)(=O)N1CCC(C(=O)OCc2nc(N)nc(N)n2)CC1. The second-order valence-electron chi connectivity index (χ2n) is 5.01. The lowest BCUT2D eigenvalue weighted by atomic mass is 9.98. The first-order valence-electron chi connectivity index (χ1n) is 6.63. The van der Waals surface area contributed by atoms with E-state index in [4.69, 9.17) is 16.2 Å². The molecule has 2 heterocycles. The highest BCUT2D eigenvalue weighted by atomic mass is 32.2. The maximum absolute atomic E-state index is 12.0. The summed E-state index contributed by atoms with van der Waals surface area (Å²) in [5.74, 6) is -0.660. The van der Waals surface area contributed by atoms with Crippen molar-refractivity contribution in [1.29, 1.82) is 0 Å². The minimum Gasteiger partial charge on any atom is -0.457 e. The van der Waals surface area contributed by atoms with Crippen LogP contribution < -0.4 is 11.5 Å². The Morgan fingerprint density at radius 3 is 2.27 bits per heavy atom. The number of carbonyl (C=O) groups is 1. The molecule has 22 heavy (non-hydrogen) atoms. The quantitative estimate of drug-likeness (QED) is 0.644. The van der Waals surface area contributed by atoms with Crippen molar-refractivity contribution in [1.82, 2.24) is 19.3 Å². The Kier molecular flexibility index (Phi) is 4.76. The fourth-order valence-corrected chi connectivity index (χ4v) is 3.07. The van der Waals surface area contributed by atoms with E-state index in [2.05, 4.69) is 15.0 Å². The van der Waals surface area contributed by atoms with E-state index in [1.807, 2.05) is 0 Å². The number of nitrogen functional groups attached to an aromatic ring is 2. The molecule has 0 aromatic carbocycles. The standard InChI is InChI=1S/C11H18N6O4S/c1-22(19,20)17-4-2-7(3-5-17)9(18)21-6-8-14-10(12)16-11(13)15-8/h7H,2-6H2,1H3,(H4,12,13,14,15,16). The summed E-state index contributed by atoms with van der Waals surface area (Å²) in [6.07, 6.45) is 2.00. The molecular formula is C11H18N6O4S. The van der Waals surface area contributed by atoms with Crippen molar-refractivity contribution >= 4 is 27.9 Å². The predicted molar refractivity (Wildman–Crippen MR) is 77.6 cm³/mol. The Labute approximate surface area is 127 Å². The molecule has 122 valence electrons. The van der Waals surface area contributed by atoms with Crippen LogP contribution in [0.2, 0.25) is 0 Å². The molecule has 0 radical (unpaired) electrons. The van der Waals surface area contributed by atoms with Gasteiger partial charge in [0.05, 0.1) is 12.2 Å². The number of hydrogen-bond acceptors (Lipinski definition) is 9. The number of carbonyl (C=O) groups excluding carboxylic acids is 1. The zero-order chi connectivity index (χ0) is 16.3. The summed E-state index contributed by atoms with van der Waals surface area (Å²) >= 11 is 0. The molecule has 10 nitrogen and oxygen atoms in total. The maximum atomic E-state index is 12.0. The van der Waals surface area contributed by atoms with Gasteiger partial charge in [0.25, 0.3) is 0 Å². The van der Waals surface area contributed by atoms with Gasteiger partial charge in [-0.15, -0.1) is 0 Å². The van der Waals surface area contributed by atoms with Gasteiger partial charge in [-0.1, -0.05) is 0 Å². The summed E-state index contributed by atoms with van der Waals surface area (Å²) < 4.78 is 29.3. The minimum absolute atomic E-state index is 0.0417. The maximum Gasteiger partial charge on any atom is 0.309 e. The van der Waals surface area contributed by atoms with Crippen molar-refractivity contribution in [2.24, 2.45) is 5.92 Å². The van der Waals surface area contributed by atoms with E-state index in [0.717, 1.165) is 6.26 Å². The molecule has 2 rings (SSSR count). The number of aromatic nitrogens is 3. The summed E-state index contributed by atoms with van der Waals surface area (Å²) in [4.78, 5) is 23.2. The number of ether oxygens (including phenoxy) is 1. The highest BCUT2D eigenvalue weighted by Gasteiger charge is 2.29. The molecule has 1 aromatic heterocycles. The van der Waals surface area contributed by atoms with Gasteiger partial charge in [-0.3, -0.25) is 4.79 Å². The third-order valence-corrected chi connectivity index (χ3v) is 4.62. The highest BCUT2D eigenvalue weighted by molar-refractivity contribution is 7.88.